The average molecular weight is 254 g/mol. The number of likely N-dealkylation sites (N-methyl/N-ethyl adjacent to an activating group) is 1. The summed E-state index contributed by atoms with van der Waals surface area (Å²) in [7, 11) is 0. The van der Waals surface area contributed by atoms with Gasteiger partial charge in [0.15, 0.2) is 0 Å². The lowest BCUT2D eigenvalue weighted by Crippen LogP contribution is -2.43. The van der Waals surface area contributed by atoms with Crippen LogP contribution in [0.5, 0.6) is 0 Å². The third-order valence-electron chi connectivity index (χ3n) is 3.32. The van der Waals surface area contributed by atoms with Gasteiger partial charge in [-0.25, -0.2) is 0 Å². The van der Waals surface area contributed by atoms with Crippen LogP contribution in [0.1, 0.15) is 49.9 Å². The van der Waals surface area contributed by atoms with Crippen molar-refractivity contribution in [2.45, 2.75) is 59.2 Å². The molecule has 3 heteroatoms. The van der Waals surface area contributed by atoms with Crippen LogP contribution in [0, 0.1) is 6.92 Å². The lowest BCUT2D eigenvalue weighted by molar-refractivity contribution is 0.140. The Kier molecular flexibility index (Phi) is 5.63. The van der Waals surface area contributed by atoms with Crippen molar-refractivity contribution < 1.29 is 0 Å². The fourth-order valence-electron chi connectivity index (χ4n) is 2.34. The molecular formula is C14H26N2S. The maximum atomic E-state index is 6.34. The molecule has 0 radical (unpaired) electrons. The summed E-state index contributed by atoms with van der Waals surface area (Å²) in [6, 6.07) is 5.55. The highest BCUT2D eigenvalue weighted by molar-refractivity contribution is 7.12. The molecule has 1 aromatic heterocycles. The molecule has 0 aliphatic rings. The molecule has 0 spiro atoms. The third-order valence-corrected chi connectivity index (χ3v) is 4.39. The second-order valence-corrected chi connectivity index (χ2v) is 6.21. The van der Waals surface area contributed by atoms with Gasteiger partial charge in [-0.1, -0.05) is 13.8 Å². The predicted octanol–water partition coefficient (Wildman–Crippen LogP) is 3.57. The second kappa shape index (κ2) is 6.53. The monoisotopic (exact) mass is 254 g/mol. The van der Waals surface area contributed by atoms with E-state index in [1.165, 1.54) is 9.75 Å². The molecule has 0 aliphatic heterocycles. The van der Waals surface area contributed by atoms with Crippen molar-refractivity contribution in [3.63, 3.8) is 0 Å². The fraction of sp³-hybridized carbons (Fsp3) is 0.714. The van der Waals surface area contributed by atoms with E-state index in [0.717, 1.165) is 13.0 Å². The summed E-state index contributed by atoms with van der Waals surface area (Å²) >= 11 is 1.88. The first kappa shape index (κ1) is 14.7. The van der Waals surface area contributed by atoms with Gasteiger partial charge in [0.2, 0.25) is 0 Å². The number of nitrogens with zero attached hydrogens (tertiary/aromatic N) is 1. The lowest BCUT2D eigenvalue weighted by atomic mass is 10.0. The highest BCUT2D eigenvalue weighted by Gasteiger charge is 2.27. The van der Waals surface area contributed by atoms with Gasteiger partial charge < -0.3 is 5.73 Å². The minimum Gasteiger partial charge on any atom is -0.326 e. The summed E-state index contributed by atoms with van der Waals surface area (Å²) in [6.07, 6.45) is 1.02. The summed E-state index contributed by atoms with van der Waals surface area (Å²) in [5.74, 6) is 0. The van der Waals surface area contributed by atoms with Gasteiger partial charge in [-0.05, 0) is 45.9 Å². The Bertz CT molecular complexity index is 333. The van der Waals surface area contributed by atoms with E-state index in [2.05, 4.69) is 51.7 Å². The number of nitrogens with two attached hydrogens (primary N) is 1. The van der Waals surface area contributed by atoms with Crippen molar-refractivity contribution in [2.24, 2.45) is 5.73 Å². The minimum absolute atomic E-state index is 0.218. The molecule has 98 valence electrons. The molecule has 2 nitrogen and oxygen atoms in total. The van der Waals surface area contributed by atoms with E-state index < -0.39 is 0 Å². The SMILES string of the molecule is CCC(N)C(c1ccc(C)s1)N(CC)C(C)C. The van der Waals surface area contributed by atoms with Crippen molar-refractivity contribution >= 4 is 11.3 Å². The topological polar surface area (TPSA) is 29.3 Å². The molecule has 2 atom stereocenters. The van der Waals surface area contributed by atoms with E-state index in [1.54, 1.807) is 0 Å². The first-order valence-corrected chi connectivity index (χ1v) is 7.40. The zero-order chi connectivity index (χ0) is 13.0. The summed E-state index contributed by atoms with van der Waals surface area (Å²) in [4.78, 5) is 5.28. The number of hydrogen-bond acceptors (Lipinski definition) is 3. The van der Waals surface area contributed by atoms with Crippen LogP contribution in [0.15, 0.2) is 12.1 Å². The molecule has 0 bridgehead atoms. The highest BCUT2D eigenvalue weighted by atomic mass is 32.1. The Balaban J connectivity index is 3.02. The summed E-state index contributed by atoms with van der Waals surface area (Å²) in [6.45, 7) is 12.1. The normalized spacial score (nSPS) is 15.5. The Morgan fingerprint density at radius 1 is 1.29 bits per heavy atom. The summed E-state index contributed by atoms with van der Waals surface area (Å²) in [5, 5.41) is 0. The molecule has 0 amide bonds. The van der Waals surface area contributed by atoms with E-state index in [4.69, 9.17) is 5.73 Å². The fourth-order valence-corrected chi connectivity index (χ4v) is 3.41. The first-order valence-electron chi connectivity index (χ1n) is 6.58. The van der Waals surface area contributed by atoms with Crippen molar-refractivity contribution in [3.05, 3.63) is 21.9 Å². The van der Waals surface area contributed by atoms with Gasteiger partial charge in [-0.3, -0.25) is 4.90 Å². The molecule has 2 unspecified atom stereocenters. The van der Waals surface area contributed by atoms with Crippen LogP contribution >= 0.6 is 11.3 Å². The maximum Gasteiger partial charge on any atom is 0.0595 e. The minimum atomic E-state index is 0.218. The van der Waals surface area contributed by atoms with Gasteiger partial charge in [0.1, 0.15) is 0 Å². The van der Waals surface area contributed by atoms with Gasteiger partial charge in [-0.15, -0.1) is 11.3 Å². The van der Waals surface area contributed by atoms with Gasteiger partial charge in [0, 0.05) is 21.8 Å². The Labute approximate surface area is 110 Å². The van der Waals surface area contributed by atoms with Crippen molar-refractivity contribution in [3.8, 4) is 0 Å². The van der Waals surface area contributed by atoms with Crippen molar-refractivity contribution in [1.82, 2.24) is 4.90 Å². The van der Waals surface area contributed by atoms with Crippen LogP contribution in [0.25, 0.3) is 0 Å². The van der Waals surface area contributed by atoms with Crippen LogP contribution in [0.3, 0.4) is 0 Å². The number of hydrogen-bond donors (Lipinski definition) is 1. The molecule has 0 aliphatic carbocycles. The van der Waals surface area contributed by atoms with Crippen LogP contribution in [0.4, 0.5) is 0 Å². The molecule has 0 saturated carbocycles. The van der Waals surface area contributed by atoms with Crippen molar-refractivity contribution in [1.29, 1.82) is 0 Å². The molecule has 0 saturated heterocycles. The zero-order valence-corrected chi connectivity index (χ0v) is 12.6. The third kappa shape index (κ3) is 3.54. The summed E-state index contributed by atoms with van der Waals surface area (Å²) < 4.78 is 0. The molecule has 1 heterocycles. The van der Waals surface area contributed by atoms with E-state index in [0.29, 0.717) is 12.1 Å². The molecule has 2 N–H and O–H groups in total. The Morgan fingerprint density at radius 2 is 1.94 bits per heavy atom. The number of thiophene rings is 1. The van der Waals surface area contributed by atoms with E-state index in [-0.39, 0.29) is 6.04 Å². The van der Waals surface area contributed by atoms with E-state index in [9.17, 15) is 0 Å². The highest BCUT2D eigenvalue weighted by Crippen LogP contribution is 2.31. The summed E-state index contributed by atoms with van der Waals surface area (Å²) in [5.41, 5.74) is 6.34. The van der Waals surface area contributed by atoms with E-state index >= 15 is 0 Å². The number of aryl methyl sites for hydroxylation is 1. The van der Waals surface area contributed by atoms with Crippen LogP contribution in [-0.4, -0.2) is 23.5 Å². The Hall–Kier alpha value is -0.380. The lowest BCUT2D eigenvalue weighted by Gasteiger charge is -2.36. The molecule has 1 rings (SSSR count). The largest absolute Gasteiger partial charge is 0.326 e. The maximum absolute atomic E-state index is 6.34. The average Bonchev–Trinajstić information content (AvgIpc) is 2.70. The molecule has 0 fully saturated rings. The van der Waals surface area contributed by atoms with Gasteiger partial charge in [0.25, 0.3) is 0 Å². The van der Waals surface area contributed by atoms with Crippen LogP contribution in [0.2, 0.25) is 0 Å². The smallest absolute Gasteiger partial charge is 0.0595 e. The predicted molar refractivity (Wildman–Crippen MR) is 77.6 cm³/mol. The Morgan fingerprint density at radius 3 is 2.29 bits per heavy atom. The zero-order valence-electron chi connectivity index (χ0n) is 11.7. The van der Waals surface area contributed by atoms with Gasteiger partial charge in [-0.2, -0.15) is 0 Å². The van der Waals surface area contributed by atoms with Gasteiger partial charge >= 0.3 is 0 Å². The van der Waals surface area contributed by atoms with E-state index in [1.807, 2.05) is 11.3 Å². The number of rotatable bonds is 6. The van der Waals surface area contributed by atoms with Crippen molar-refractivity contribution in [2.75, 3.05) is 6.54 Å². The van der Waals surface area contributed by atoms with Gasteiger partial charge in [0.05, 0.1) is 6.04 Å². The first-order chi connectivity index (χ1) is 8.01. The molecule has 0 aromatic carbocycles. The molecule has 1 aromatic rings. The quantitative estimate of drug-likeness (QED) is 0.841. The second-order valence-electron chi connectivity index (χ2n) is 4.89. The molecular weight excluding hydrogens is 228 g/mol. The standard InChI is InChI=1S/C14H26N2S/c1-6-12(15)14(16(7-2)10(3)4)13-9-8-11(5)17-13/h8-10,12,14H,6-7,15H2,1-5H3. The molecule has 17 heavy (non-hydrogen) atoms. The van der Waals surface area contributed by atoms with Crippen LogP contribution < -0.4 is 5.73 Å². The van der Waals surface area contributed by atoms with Crippen LogP contribution in [-0.2, 0) is 0 Å².